The van der Waals surface area contributed by atoms with E-state index in [-0.39, 0.29) is 0 Å². The minimum Gasteiger partial charge on any atom is -0.237 e. The van der Waals surface area contributed by atoms with Crippen LogP contribution in [0.4, 0.5) is 0 Å². The van der Waals surface area contributed by atoms with E-state index in [1.807, 2.05) is 0 Å². The average molecular weight is 128 g/mol. The zero-order chi connectivity index (χ0) is 6.36. The molecule has 0 saturated carbocycles. The molecule has 1 rings (SSSR count). The first kappa shape index (κ1) is 6.78. The highest BCUT2D eigenvalue weighted by molar-refractivity contribution is 4.81. The minimum absolute atomic E-state index is 0.691. The Hall–Kier alpha value is -0.340. The van der Waals surface area contributed by atoms with E-state index in [1.165, 1.54) is 0 Å². The van der Waals surface area contributed by atoms with Gasteiger partial charge in [0.2, 0.25) is 0 Å². The molecule has 0 spiro atoms. The zero-order valence-electron chi connectivity index (χ0n) is 5.51. The lowest BCUT2D eigenvalue weighted by Crippen LogP contribution is -1.95. The molecule has 1 heterocycles. The molecule has 2 nitrogen and oxygen atoms in total. The molecule has 0 aromatic carbocycles. The normalized spacial score (nSPS) is 25.8. The van der Waals surface area contributed by atoms with Gasteiger partial charge >= 0.3 is 0 Å². The maximum Gasteiger partial charge on any atom is 0.0856 e. The highest BCUT2D eigenvalue weighted by Gasteiger charge is 1.90. The van der Waals surface area contributed by atoms with E-state index < -0.39 is 0 Å². The van der Waals surface area contributed by atoms with Crippen molar-refractivity contribution in [3.63, 3.8) is 0 Å². The fourth-order valence-corrected chi connectivity index (χ4v) is 0.730. The lowest BCUT2D eigenvalue weighted by molar-refractivity contribution is -0.293. The SMILES string of the molecule is C1=C\CCOOCCC/1. The van der Waals surface area contributed by atoms with Gasteiger partial charge in [0.25, 0.3) is 0 Å². The largest absolute Gasteiger partial charge is 0.237 e. The van der Waals surface area contributed by atoms with Crippen LogP contribution >= 0.6 is 0 Å². The molecule has 9 heavy (non-hydrogen) atoms. The molecule has 0 unspecified atom stereocenters. The first-order valence-corrected chi connectivity index (χ1v) is 3.39. The van der Waals surface area contributed by atoms with Crippen LogP contribution in [0.25, 0.3) is 0 Å². The van der Waals surface area contributed by atoms with Gasteiger partial charge in [0.15, 0.2) is 0 Å². The molecule has 0 aromatic rings. The lowest BCUT2D eigenvalue weighted by atomic mass is 10.3. The summed E-state index contributed by atoms with van der Waals surface area (Å²) in [5.74, 6) is 0. The van der Waals surface area contributed by atoms with Crippen LogP contribution < -0.4 is 0 Å². The molecule has 0 fully saturated rings. The van der Waals surface area contributed by atoms with Gasteiger partial charge in [-0.3, -0.25) is 0 Å². The molecule has 0 atom stereocenters. The summed E-state index contributed by atoms with van der Waals surface area (Å²) < 4.78 is 0. The molecule has 2 heteroatoms. The molecule has 1 aliphatic heterocycles. The summed E-state index contributed by atoms with van der Waals surface area (Å²) in [6, 6.07) is 0. The second-order valence-electron chi connectivity index (χ2n) is 2.05. The molecule has 0 N–H and O–H groups in total. The highest BCUT2D eigenvalue weighted by atomic mass is 17.2. The molecule has 52 valence electrons. The summed E-state index contributed by atoms with van der Waals surface area (Å²) in [6.45, 7) is 1.42. The topological polar surface area (TPSA) is 18.5 Å². The minimum atomic E-state index is 0.691. The van der Waals surface area contributed by atoms with Crippen molar-refractivity contribution < 1.29 is 9.78 Å². The molecule has 1 aliphatic rings. The van der Waals surface area contributed by atoms with Gasteiger partial charge in [0.1, 0.15) is 0 Å². The van der Waals surface area contributed by atoms with Gasteiger partial charge in [-0.2, -0.15) is 0 Å². The van der Waals surface area contributed by atoms with Crippen molar-refractivity contribution in [1.29, 1.82) is 0 Å². The second-order valence-corrected chi connectivity index (χ2v) is 2.05. The summed E-state index contributed by atoms with van der Waals surface area (Å²) in [5, 5.41) is 0. The van der Waals surface area contributed by atoms with Gasteiger partial charge in [-0.05, 0) is 19.3 Å². The fourth-order valence-electron chi connectivity index (χ4n) is 0.730. The van der Waals surface area contributed by atoms with Crippen LogP contribution in [-0.2, 0) is 9.78 Å². The van der Waals surface area contributed by atoms with Crippen molar-refractivity contribution >= 4 is 0 Å². The van der Waals surface area contributed by atoms with Gasteiger partial charge in [-0.25, -0.2) is 9.78 Å². The van der Waals surface area contributed by atoms with E-state index in [4.69, 9.17) is 9.78 Å². The Balaban J connectivity index is 2.15. The highest BCUT2D eigenvalue weighted by Crippen LogP contribution is 1.98. The van der Waals surface area contributed by atoms with Crippen LogP contribution in [0.5, 0.6) is 0 Å². The molecule has 0 aliphatic carbocycles. The Bertz CT molecular complexity index is 78.9. The summed E-state index contributed by atoms with van der Waals surface area (Å²) >= 11 is 0. The van der Waals surface area contributed by atoms with Gasteiger partial charge < -0.3 is 0 Å². The monoisotopic (exact) mass is 128 g/mol. The maximum absolute atomic E-state index is 4.81. The third kappa shape index (κ3) is 3.27. The lowest BCUT2D eigenvalue weighted by Gasteiger charge is -1.97. The third-order valence-corrected chi connectivity index (χ3v) is 1.22. The van der Waals surface area contributed by atoms with Crippen LogP contribution in [0.2, 0.25) is 0 Å². The fraction of sp³-hybridized carbons (Fsp3) is 0.714. The van der Waals surface area contributed by atoms with E-state index >= 15 is 0 Å². The smallest absolute Gasteiger partial charge is 0.0856 e. The van der Waals surface area contributed by atoms with Crippen molar-refractivity contribution in [2.24, 2.45) is 0 Å². The van der Waals surface area contributed by atoms with Crippen LogP contribution in [0, 0.1) is 0 Å². The van der Waals surface area contributed by atoms with Gasteiger partial charge in [0.05, 0.1) is 13.2 Å². The molecular weight excluding hydrogens is 116 g/mol. The molecule has 0 amide bonds. The van der Waals surface area contributed by atoms with E-state index in [1.54, 1.807) is 0 Å². The van der Waals surface area contributed by atoms with Crippen molar-refractivity contribution in [3.8, 4) is 0 Å². The third-order valence-electron chi connectivity index (χ3n) is 1.22. The first-order valence-electron chi connectivity index (χ1n) is 3.39. The van der Waals surface area contributed by atoms with Crippen LogP contribution in [-0.4, -0.2) is 13.2 Å². The summed E-state index contributed by atoms with van der Waals surface area (Å²) in [4.78, 5) is 9.62. The molecule has 0 bridgehead atoms. The Kier molecular flexibility index (Phi) is 3.41. The van der Waals surface area contributed by atoms with E-state index in [0.717, 1.165) is 25.9 Å². The molecule has 0 radical (unpaired) electrons. The van der Waals surface area contributed by atoms with E-state index in [9.17, 15) is 0 Å². The number of hydrogen-bond acceptors (Lipinski definition) is 2. The second kappa shape index (κ2) is 4.53. The number of allylic oxidation sites excluding steroid dienone is 1. The Labute approximate surface area is 55.4 Å². The average Bonchev–Trinajstić information content (AvgIpc) is 2.00. The molecule has 0 saturated heterocycles. The van der Waals surface area contributed by atoms with Crippen molar-refractivity contribution in [3.05, 3.63) is 12.2 Å². The summed E-state index contributed by atoms with van der Waals surface area (Å²) in [6.07, 6.45) is 7.46. The van der Waals surface area contributed by atoms with Crippen LogP contribution in [0.3, 0.4) is 0 Å². The first-order chi connectivity index (χ1) is 4.50. The summed E-state index contributed by atoms with van der Waals surface area (Å²) in [7, 11) is 0. The van der Waals surface area contributed by atoms with Gasteiger partial charge in [0, 0.05) is 0 Å². The Morgan fingerprint density at radius 1 is 0.889 bits per heavy atom. The van der Waals surface area contributed by atoms with Crippen molar-refractivity contribution in [2.75, 3.05) is 13.2 Å². The van der Waals surface area contributed by atoms with Crippen molar-refractivity contribution in [1.82, 2.24) is 0 Å². The summed E-state index contributed by atoms with van der Waals surface area (Å²) in [5.41, 5.74) is 0. The van der Waals surface area contributed by atoms with Crippen LogP contribution in [0.1, 0.15) is 19.3 Å². The van der Waals surface area contributed by atoms with Gasteiger partial charge in [-0.15, -0.1) is 0 Å². The maximum atomic E-state index is 4.81. The quantitative estimate of drug-likeness (QED) is 0.365. The predicted octanol–water partition coefficient (Wildman–Crippen LogP) is 1.67. The Morgan fingerprint density at radius 3 is 2.67 bits per heavy atom. The van der Waals surface area contributed by atoms with Gasteiger partial charge in [-0.1, -0.05) is 12.2 Å². The van der Waals surface area contributed by atoms with Crippen molar-refractivity contribution in [2.45, 2.75) is 19.3 Å². The van der Waals surface area contributed by atoms with Crippen LogP contribution in [0.15, 0.2) is 12.2 Å². The Morgan fingerprint density at radius 2 is 1.67 bits per heavy atom. The molecular formula is C7H12O2. The standard InChI is InChI=1S/C7H12O2/c1-2-4-6-8-9-7-5-3-1/h1-2H,3-7H2/b2-1-. The van der Waals surface area contributed by atoms with E-state index in [0.29, 0.717) is 6.61 Å². The zero-order valence-corrected chi connectivity index (χ0v) is 5.51. The number of hydrogen-bond donors (Lipinski definition) is 0. The number of rotatable bonds is 0. The predicted molar refractivity (Wildman–Crippen MR) is 34.9 cm³/mol. The van der Waals surface area contributed by atoms with E-state index in [2.05, 4.69) is 12.2 Å². The molecule has 0 aromatic heterocycles.